The van der Waals surface area contributed by atoms with Crippen molar-refractivity contribution in [3.05, 3.63) is 0 Å². The van der Waals surface area contributed by atoms with Crippen LogP contribution in [0.4, 0.5) is 0 Å². The molecule has 2 rings (SSSR count). The molecule has 0 bridgehead atoms. The minimum atomic E-state index is -0.250. The lowest BCUT2D eigenvalue weighted by molar-refractivity contribution is -0.150. The van der Waals surface area contributed by atoms with Crippen LogP contribution in [0.1, 0.15) is 47.0 Å². The summed E-state index contributed by atoms with van der Waals surface area (Å²) in [4.78, 5) is 0. The lowest BCUT2D eigenvalue weighted by atomic mass is 9.80. The van der Waals surface area contributed by atoms with Crippen molar-refractivity contribution in [2.45, 2.75) is 69.9 Å². The summed E-state index contributed by atoms with van der Waals surface area (Å²) in [6.07, 6.45) is 2.86. The Balaban J connectivity index is 2.22. The summed E-state index contributed by atoms with van der Waals surface area (Å²) in [7, 11) is 0. The molecule has 2 aliphatic rings. The van der Waals surface area contributed by atoms with Gasteiger partial charge in [0.05, 0.1) is 29.5 Å². The summed E-state index contributed by atoms with van der Waals surface area (Å²) in [5.74, 6) is 0. The number of aliphatic hydroxyl groups excluding tert-OH is 1. The first-order chi connectivity index (χ1) is 6.80. The van der Waals surface area contributed by atoms with E-state index in [-0.39, 0.29) is 29.5 Å². The Labute approximate surface area is 91.8 Å². The van der Waals surface area contributed by atoms with Crippen molar-refractivity contribution in [2.75, 3.05) is 6.61 Å². The summed E-state index contributed by atoms with van der Waals surface area (Å²) in [5.41, 5.74) is -0.557. The molecule has 2 saturated heterocycles. The molecule has 0 unspecified atom stereocenters. The Hall–Kier alpha value is -0.120. The van der Waals surface area contributed by atoms with E-state index in [2.05, 4.69) is 27.7 Å². The van der Waals surface area contributed by atoms with E-state index in [1.54, 1.807) is 0 Å². The van der Waals surface area contributed by atoms with Gasteiger partial charge in [-0.15, -0.1) is 0 Å². The van der Waals surface area contributed by atoms with Gasteiger partial charge in [-0.2, -0.15) is 0 Å². The SMILES string of the molecule is CC1(C)C[C@@]2(CC[C@@H](CO)O2)C(C)(C)O1. The Morgan fingerprint density at radius 1 is 1.27 bits per heavy atom. The third kappa shape index (κ3) is 1.71. The average molecular weight is 214 g/mol. The molecule has 0 amide bonds. The van der Waals surface area contributed by atoms with Crippen LogP contribution < -0.4 is 0 Å². The Kier molecular flexibility index (Phi) is 2.42. The third-order valence-electron chi connectivity index (χ3n) is 3.81. The molecule has 88 valence electrons. The molecule has 2 fully saturated rings. The van der Waals surface area contributed by atoms with E-state index in [0.29, 0.717) is 0 Å². The van der Waals surface area contributed by atoms with Gasteiger partial charge in [0, 0.05) is 6.42 Å². The first kappa shape index (κ1) is 11.4. The molecule has 0 aromatic heterocycles. The largest absolute Gasteiger partial charge is 0.394 e. The fourth-order valence-corrected chi connectivity index (χ4v) is 3.25. The fourth-order valence-electron chi connectivity index (χ4n) is 3.25. The van der Waals surface area contributed by atoms with Crippen molar-refractivity contribution in [2.24, 2.45) is 0 Å². The van der Waals surface area contributed by atoms with Crippen LogP contribution in [0, 0.1) is 0 Å². The van der Waals surface area contributed by atoms with Gasteiger partial charge in [0.25, 0.3) is 0 Å². The van der Waals surface area contributed by atoms with Crippen molar-refractivity contribution in [3.8, 4) is 0 Å². The Morgan fingerprint density at radius 3 is 2.33 bits per heavy atom. The molecule has 1 N–H and O–H groups in total. The van der Waals surface area contributed by atoms with E-state index >= 15 is 0 Å². The van der Waals surface area contributed by atoms with Gasteiger partial charge in [0.15, 0.2) is 0 Å². The summed E-state index contributed by atoms with van der Waals surface area (Å²) >= 11 is 0. The minimum Gasteiger partial charge on any atom is -0.394 e. The van der Waals surface area contributed by atoms with Crippen LogP contribution in [-0.4, -0.2) is 34.6 Å². The zero-order valence-corrected chi connectivity index (χ0v) is 10.2. The topological polar surface area (TPSA) is 38.7 Å². The molecule has 2 heterocycles. The highest BCUT2D eigenvalue weighted by Gasteiger charge is 2.60. The first-order valence-corrected chi connectivity index (χ1v) is 5.79. The van der Waals surface area contributed by atoms with Gasteiger partial charge in [0.2, 0.25) is 0 Å². The summed E-state index contributed by atoms with van der Waals surface area (Å²) in [6, 6.07) is 0. The van der Waals surface area contributed by atoms with Crippen LogP contribution in [0.3, 0.4) is 0 Å². The van der Waals surface area contributed by atoms with Crippen LogP contribution in [0.15, 0.2) is 0 Å². The van der Waals surface area contributed by atoms with Crippen molar-refractivity contribution in [1.29, 1.82) is 0 Å². The number of ether oxygens (including phenoxy) is 2. The Bertz CT molecular complexity index is 260. The highest BCUT2D eigenvalue weighted by Crippen LogP contribution is 2.53. The maximum Gasteiger partial charge on any atom is 0.0998 e. The quantitative estimate of drug-likeness (QED) is 0.724. The predicted molar refractivity (Wildman–Crippen MR) is 57.8 cm³/mol. The summed E-state index contributed by atoms with van der Waals surface area (Å²) in [6.45, 7) is 8.54. The number of aliphatic hydroxyl groups is 1. The van der Waals surface area contributed by atoms with Crippen molar-refractivity contribution < 1.29 is 14.6 Å². The molecule has 0 aliphatic carbocycles. The molecule has 1 spiro atoms. The first-order valence-electron chi connectivity index (χ1n) is 5.79. The standard InChI is InChI=1S/C12H22O3/c1-10(2)8-12(11(3,4)15-10)6-5-9(7-13)14-12/h9,13H,5-8H2,1-4H3/t9-,12-/m0/s1. The number of hydrogen-bond donors (Lipinski definition) is 1. The van der Waals surface area contributed by atoms with Gasteiger partial charge in [-0.05, 0) is 40.5 Å². The van der Waals surface area contributed by atoms with Crippen LogP contribution in [0.25, 0.3) is 0 Å². The average Bonchev–Trinajstić information content (AvgIpc) is 2.53. The second-order valence-corrected chi connectivity index (χ2v) is 6.00. The van der Waals surface area contributed by atoms with Gasteiger partial charge in [-0.1, -0.05) is 0 Å². The molecule has 0 saturated carbocycles. The van der Waals surface area contributed by atoms with Crippen LogP contribution in [0.5, 0.6) is 0 Å². The van der Waals surface area contributed by atoms with Gasteiger partial charge >= 0.3 is 0 Å². The Morgan fingerprint density at radius 2 is 1.93 bits per heavy atom. The number of hydrogen-bond acceptors (Lipinski definition) is 3. The van der Waals surface area contributed by atoms with Crippen molar-refractivity contribution in [3.63, 3.8) is 0 Å². The summed E-state index contributed by atoms with van der Waals surface area (Å²) in [5, 5.41) is 9.14. The molecule has 2 aliphatic heterocycles. The van der Waals surface area contributed by atoms with Gasteiger partial charge in [0.1, 0.15) is 0 Å². The lowest BCUT2D eigenvalue weighted by Crippen LogP contribution is -2.46. The van der Waals surface area contributed by atoms with Crippen LogP contribution in [0.2, 0.25) is 0 Å². The highest BCUT2D eigenvalue weighted by atomic mass is 16.6. The molecule has 3 heteroatoms. The lowest BCUT2D eigenvalue weighted by Gasteiger charge is -2.36. The van der Waals surface area contributed by atoms with Crippen molar-refractivity contribution >= 4 is 0 Å². The van der Waals surface area contributed by atoms with E-state index in [1.807, 2.05) is 0 Å². The minimum absolute atomic E-state index is 0.00164. The summed E-state index contributed by atoms with van der Waals surface area (Å²) < 4.78 is 12.1. The molecular formula is C12H22O3. The van der Waals surface area contributed by atoms with E-state index < -0.39 is 0 Å². The molecule has 15 heavy (non-hydrogen) atoms. The van der Waals surface area contributed by atoms with Crippen LogP contribution >= 0.6 is 0 Å². The van der Waals surface area contributed by atoms with Gasteiger partial charge in [-0.3, -0.25) is 0 Å². The zero-order valence-electron chi connectivity index (χ0n) is 10.2. The predicted octanol–water partition coefficient (Wildman–Crippen LogP) is 1.87. The normalized spacial score (nSPS) is 42.6. The van der Waals surface area contributed by atoms with Gasteiger partial charge < -0.3 is 14.6 Å². The van der Waals surface area contributed by atoms with E-state index in [0.717, 1.165) is 19.3 Å². The van der Waals surface area contributed by atoms with E-state index in [4.69, 9.17) is 14.6 Å². The molecule has 3 nitrogen and oxygen atoms in total. The molecular weight excluding hydrogens is 192 g/mol. The highest BCUT2D eigenvalue weighted by molar-refractivity contribution is 5.10. The number of rotatable bonds is 1. The maximum absolute atomic E-state index is 9.14. The monoisotopic (exact) mass is 214 g/mol. The maximum atomic E-state index is 9.14. The van der Waals surface area contributed by atoms with E-state index in [9.17, 15) is 0 Å². The molecule has 2 atom stereocenters. The van der Waals surface area contributed by atoms with Crippen molar-refractivity contribution in [1.82, 2.24) is 0 Å². The zero-order chi connectivity index (χ0) is 11.3. The molecule has 0 aromatic carbocycles. The molecule has 0 radical (unpaired) electrons. The second kappa shape index (κ2) is 3.19. The fraction of sp³-hybridized carbons (Fsp3) is 1.00. The molecule has 0 aromatic rings. The van der Waals surface area contributed by atoms with Gasteiger partial charge in [-0.25, -0.2) is 0 Å². The van der Waals surface area contributed by atoms with Crippen LogP contribution in [-0.2, 0) is 9.47 Å². The van der Waals surface area contributed by atoms with E-state index in [1.165, 1.54) is 0 Å². The second-order valence-electron chi connectivity index (χ2n) is 6.00. The smallest absolute Gasteiger partial charge is 0.0998 e. The third-order valence-corrected chi connectivity index (χ3v) is 3.81.